The van der Waals surface area contributed by atoms with Crippen molar-refractivity contribution in [2.24, 2.45) is 0 Å². The zero-order chi connectivity index (χ0) is 25.2. The highest BCUT2D eigenvalue weighted by molar-refractivity contribution is 6.30. The van der Waals surface area contributed by atoms with Gasteiger partial charge in [-0.3, -0.25) is 19.3 Å². The highest BCUT2D eigenvalue weighted by Gasteiger charge is 2.54. The van der Waals surface area contributed by atoms with Gasteiger partial charge < -0.3 is 15.0 Å². The minimum atomic E-state index is -1.06. The van der Waals surface area contributed by atoms with E-state index >= 15 is 0 Å². The Morgan fingerprint density at radius 1 is 1.11 bits per heavy atom. The summed E-state index contributed by atoms with van der Waals surface area (Å²) in [6.07, 6.45) is 1.41. The lowest BCUT2D eigenvalue weighted by Gasteiger charge is -2.44. The number of halogens is 2. The Morgan fingerprint density at radius 2 is 1.80 bits per heavy atom. The Bertz CT molecular complexity index is 1100. The first kappa shape index (κ1) is 25.1. The van der Waals surface area contributed by atoms with E-state index in [2.05, 4.69) is 5.32 Å². The summed E-state index contributed by atoms with van der Waals surface area (Å²) >= 11 is 5.93. The maximum absolute atomic E-state index is 13.9. The fourth-order valence-electron chi connectivity index (χ4n) is 4.60. The number of ether oxygens (including phenoxy) is 1. The van der Waals surface area contributed by atoms with E-state index in [0.717, 1.165) is 12.5 Å². The first-order valence-corrected chi connectivity index (χ1v) is 12.2. The Morgan fingerprint density at radius 3 is 2.43 bits per heavy atom. The summed E-state index contributed by atoms with van der Waals surface area (Å²) < 4.78 is 20.1. The molecule has 1 N–H and O–H groups in total. The predicted molar refractivity (Wildman–Crippen MR) is 130 cm³/mol. The number of benzene rings is 2. The molecule has 9 heteroatoms. The number of amides is 3. The molecule has 0 radical (unpaired) electrons. The van der Waals surface area contributed by atoms with Crippen molar-refractivity contribution in [1.29, 1.82) is 0 Å². The molecule has 0 bridgehead atoms. The van der Waals surface area contributed by atoms with Gasteiger partial charge in [0.2, 0.25) is 5.91 Å². The molecule has 186 valence electrons. The van der Waals surface area contributed by atoms with Crippen molar-refractivity contribution in [3.63, 3.8) is 0 Å². The molecule has 0 aliphatic carbocycles. The van der Waals surface area contributed by atoms with E-state index in [1.54, 1.807) is 29.2 Å². The molecule has 0 aromatic heterocycles. The van der Waals surface area contributed by atoms with Crippen LogP contribution >= 0.6 is 11.6 Å². The molecule has 0 saturated carbocycles. The standard InChI is InChI=1S/C26H29ClFN3O4/c1-3-17(2)29-23(32)22-16-35-26(31(22)25(34)19-5-4-6-21(28)15-19)11-13-30(14-12-26)24(33)18-7-9-20(27)10-8-18/h4-10,15,17,22H,3,11-14,16H2,1-2H3,(H,29,32)/t17-,22-/m1/s1. The molecule has 2 aromatic carbocycles. The predicted octanol–water partition coefficient (Wildman–Crippen LogP) is 3.87. The fourth-order valence-corrected chi connectivity index (χ4v) is 4.73. The van der Waals surface area contributed by atoms with E-state index in [4.69, 9.17) is 16.3 Å². The van der Waals surface area contributed by atoms with Gasteiger partial charge in [-0.1, -0.05) is 24.6 Å². The summed E-state index contributed by atoms with van der Waals surface area (Å²) in [5.74, 6) is -1.44. The zero-order valence-corrected chi connectivity index (χ0v) is 20.6. The molecule has 35 heavy (non-hydrogen) atoms. The van der Waals surface area contributed by atoms with Crippen LogP contribution in [0.15, 0.2) is 48.5 Å². The van der Waals surface area contributed by atoms with Crippen molar-refractivity contribution in [3.8, 4) is 0 Å². The van der Waals surface area contributed by atoms with Crippen molar-refractivity contribution >= 4 is 29.3 Å². The van der Waals surface area contributed by atoms with Crippen LogP contribution in [-0.2, 0) is 9.53 Å². The third-order valence-electron chi connectivity index (χ3n) is 6.78. The number of hydrogen-bond acceptors (Lipinski definition) is 4. The number of carbonyl (C=O) groups is 3. The number of carbonyl (C=O) groups excluding carboxylic acids is 3. The second kappa shape index (κ2) is 10.3. The Hall–Kier alpha value is -2.97. The quantitative estimate of drug-likeness (QED) is 0.674. The monoisotopic (exact) mass is 501 g/mol. The molecule has 2 aliphatic rings. The van der Waals surface area contributed by atoms with Gasteiger partial charge in [0.15, 0.2) is 0 Å². The van der Waals surface area contributed by atoms with Crippen LogP contribution in [-0.4, -0.2) is 65.0 Å². The van der Waals surface area contributed by atoms with Crippen molar-refractivity contribution in [2.75, 3.05) is 19.7 Å². The van der Waals surface area contributed by atoms with Gasteiger partial charge in [0.25, 0.3) is 11.8 Å². The van der Waals surface area contributed by atoms with Crippen LogP contribution in [0.4, 0.5) is 4.39 Å². The maximum Gasteiger partial charge on any atom is 0.256 e. The Kier molecular flexibility index (Phi) is 7.42. The third kappa shape index (κ3) is 5.18. The number of likely N-dealkylation sites (tertiary alicyclic amines) is 1. The van der Waals surface area contributed by atoms with E-state index in [0.29, 0.717) is 36.5 Å². The average molecular weight is 502 g/mol. The van der Waals surface area contributed by atoms with E-state index < -0.39 is 23.5 Å². The molecule has 2 atom stereocenters. The van der Waals surface area contributed by atoms with E-state index in [1.165, 1.54) is 23.1 Å². The number of piperidine rings is 1. The van der Waals surface area contributed by atoms with Gasteiger partial charge in [0, 0.05) is 48.1 Å². The zero-order valence-electron chi connectivity index (χ0n) is 19.8. The van der Waals surface area contributed by atoms with Gasteiger partial charge in [0.05, 0.1) is 6.61 Å². The largest absolute Gasteiger partial charge is 0.353 e. The van der Waals surface area contributed by atoms with Crippen molar-refractivity contribution in [1.82, 2.24) is 15.1 Å². The van der Waals surface area contributed by atoms with Crippen LogP contribution < -0.4 is 5.32 Å². The van der Waals surface area contributed by atoms with Gasteiger partial charge in [-0.05, 0) is 55.8 Å². The van der Waals surface area contributed by atoms with Crippen LogP contribution in [0.25, 0.3) is 0 Å². The lowest BCUT2D eigenvalue weighted by Crippen LogP contribution is -2.60. The van der Waals surface area contributed by atoms with Crippen LogP contribution in [0.2, 0.25) is 5.02 Å². The molecule has 2 aliphatic heterocycles. The van der Waals surface area contributed by atoms with Crippen molar-refractivity contribution in [2.45, 2.75) is 50.9 Å². The van der Waals surface area contributed by atoms with Gasteiger partial charge in [-0.2, -0.15) is 0 Å². The molecule has 3 amide bonds. The fraction of sp³-hybridized carbons (Fsp3) is 0.423. The molecule has 2 fully saturated rings. The minimum absolute atomic E-state index is 0.0362. The second-order valence-corrected chi connectivity index (χ2v) is 9.51. The first-order chi connectivity index (χ1) is 16.7. The molecular weight excluding hydrogens is 473 g/mol. The lowest BCUT2D eigenvalue weighted by molar-refractivity contribution is -0.128. The van der Waals surface area contributed by atoms with Crippen LogP contribution in [0.1, 0.15) is 53.8 Å². The topological polar surface area (TPSA) is 79.0 Å². The highest BCUT2D eigenvalue weighted by atomic mass is 35.5. The van der Waals surface area contributed by atoms with Gasteiger partial charge in [-0.15, -0.1) is 0 Å². The average Bonchev–Trinajstić information content (AvgIpc) is 3.22. The van der Waals surface area contributed by atoms with E-state index in [-0.39, 0.29) is 30.0 Å². The molecule has 2 aromatic rings. The molecule has 1 spiro atoms. The number of rotatable bonds is 5. The molecule has 4 rings (SSSR count). The second-order valence-electron chi connectivity index (χ2n) is 9.08. The van der Waals surface area contributed by atoms with E-state index in [9.17, 15) is 18.8 Å². The summed E-state index contributed by atoms with van der Waals surface area (Å²) in [7, 11) is 0. The van der Waals surface area contributed by atoms with Gasteiger partial charge in [0.1, 0.15) is 17.6 Å². The molecular formula is C26H29ClFN3O4. The van der Waals surface area contributed by atoms with Gasteiger partial charge in [-0.25, -0.2) is 4.39 Å². The van der Waals surface area contributed by atoms with Crippen LogP contribution in [0, 0.1) is 5.82 Å². The number of nitrogens with one attached hydrogen (secondary N) is 1. The normalized spacial score (nSPS) is 20.1. The number of nitrogens with zero attached hydrogens (tertiary/aromatic N) is 2. The molecule has 2 heterocycles. The summed E-state index contributed by atoms with van der Waals surface area (Å²) in [5.41, 5.74) is -0.385. The molecule has 0 unspecified atom stereocenters. The molecule has 2 saturated heterocycles. The minimum Gasteiger partial charge on any atom is -0.353 e. The van der Waals surface area contributed by atoms with Crippen molar-refractivity contribution < 1.29 is 23.5 Å². The Labute approximate surface area is 209 Å². The summed E-state index contributed by atoms with van der Waals surface area (Å²) in [6, 6.07) is 11.2. The summed E-state index contributed by atoms with van der Waals surface area (Å²) in [5, 5.41) is 3.48. The third-order valence-corrected chi connectivity index (χ3v) is 7.03. The first-order valence-electron chi connectivity index (χ1n) is 11.8. The SMILES string of the molecule is CC[C@@H](C)NC(=O)[C@H]1COC2(CCN(C(=O)c3ccc(Cl)cc3)CC2)N1C(=O)c1cccc(F)c1. The highest BCUT2D eigenvalue weighted by Crippen LogP contribution is 2.39. The van der Waals surface area contributed by atoms with Crippen molar-refractivity contribution in [3.05, 3.63) is 70.5 Å². The lowest BCUT2D eigenvalue weighted by atomic mass is 9.96. The summed E-state index contributed by atoms with van der Waals surface area (Å²) in [4.78, 5) is 42.9. The smallest absolute Gasteiger partial charge is 0.256 e. The summed E-state index contributed by atoms with van der Waals surface area (Å²) in [6.45, 7) is 4.57. The van der Waals surface area contributed by atoms with E-state index in [1.807, 2.05) is 13.8 Å². The number of hydrogen-bond donors (Lipinski definition) is 1. The maximum atomic E-state index is 13.9. The van der Waals surface area contributed by atoms with Gasteiger partial charge >= 0.3 is 0 Å². The molecule has 7 nitrogen and oxygen atoms in total. The van der Waals surface area contributed by atoms with Crippen LogP contribution in [0.5, 0.6) is 0 Å². The Balaban J connectivity index is 1.57. The van der Waals surface area contributed by atoms with Crippen LogP contribution in [0.3, 0.4) is 0 Å².